The summed E-state index contributed by atoms with van der Waals surface area (Å²) in [5.41, 5.74) is 0.676. The van der Waals surface area contributed by atoms with Crippen molar-refractivity contribution in [1.29, 1.82) is 0 Å². The van der Waals surface area contributed by atoms with Gasteiger partial charge in [-0.1, -0.05) is 19.1 Å². The van der Waals surface area contributed by atoms with Crippen LogP contribution in [0.15, 0.2) is 29.2 Å². The first kappa shape index (κ1) is 17.3. The van der Waals surface area contributed by atoms with Crippen LogP contribution in [0.2, 0.25) is 0 Å². The summed E-state index contributed by atoms with van der Waals surface area (Å²) in [7, 11) is -0.315. The predicted molar refractivity (Wildman–Crippen MR) is 88.0 cm³/mol. The molecule has 0 saturated carbocycles. The fraction of sp³-hybridized carbons (Fsp3) is 0.571. The maximum atomic E-state index is 12.3. The molecule has 0 bridgehead atoms. The summed E-state index contributed by atoms with van der Waals surface area (Å²) in [6, 6.07) is 7.31. The Morgan fingerprint density at radius 3 is 2.55 bits per heavy atom. The van der Waals surface area contributed by atoms with Gasteiger partial charge in [0.05, 0.1) is 5.69 Å². The van der Waals surface area contributed by atoms with E-state index in [1.54, 1.807) is 26.2 Å². The summed E-state index contributed by atoms with van der Waals surface area (Å²) in [5, 5.41) is 3.31. The fourth-order valence-electron chi connectivity index (χ4n) is 1.75. The topological polar surface area (TPSA) is 49.4 Å². The first-order chi connectivity index (χ1) is 9.39. The van der Waals surface area contributed by atoms with E-state index in [1.165, 1.54) is 4.31 Å². The minimum atomic E-state index is -3.41. The molecular formula is C14H24N2O2S2. The number of thioether (sulfide) groups is 1. The Labute approximate surface area is 127 Å². The number of benzene rings is 1. The second-order valence-electron chi connectivity index (χ2n) is 4.81. The Bertz CT molecular complexity index is 516. The Hall–Kier alpha value is -0.720. The SMILES string of the molecule is CCSCCC(C)Nc1ccccc1S(=O)(=O)N(C)C. The van der Waals surface area contributed by atoms with Crippen molar-refractivity contribution >= 4 is 27.5 Å². The molecule has 1 aromatic rings. The van der Waals surface area contributed by atoms with E-state index in [9.17, 15) is 8.42 Å². The van der Waals surface area contributed by atoms with Crippen LogP contribution in [0.25, 0.3) is 0 Å². The van der Waals surface area contributed by atoms with Gasteiger partial charge in [0.15, 0.2) is 0 Å². The largest absolute Gasteiger partial charge is 0.381 e. The van der Waals surface area contributed by atoms with E-state index in [1.807, 2.05) is 23.9 Å². The van der Waals surface area contributed by atoms with Crippen molar-refractivity contribution in [3.63, 3.8) is 0 Å². The van der Waals surface area contributed by atoms with E-state index in [4.69, 9.17) is 0 Å². The average molecular weight is 316 g/mol. The zero-order chi connectivity index (χ0) is 15.2. The van der Waals surface area contributed by atoms with Gasteiger partial charge >= 0.3 is 0 Å². The van der Waals surface area contributed by atoms with Crippen LogP contribution in [0, 0.1) is 0 Å². The third-order valence-electron chi connectivity index (χ3n) is 2.95. The van der Waals surface area contributed by atoms with E-state index >= 15 is 0 Å². The smallest absolute Gasteiger partial charge is 0.244 e. The highest BCUT2D eigenvalue weighted by atomic mass is 32.2. The molecule has 0 fully saturated rings. The summed E-state index contributed by atoms with van der Waals surface area (Å²) >= 11 is 1.90. The minimum absolute atomic E-state index is 0.243. The molecule has 0 aliphatic rings. The number of hydrogen-bond acceptors (Lipinski definition) is 4. The molecule has 0 heterocycles. The summed E-state index contributed by atoms with van der Waals surface area (Å²) < 4.78 is 25.8. The molecule has 0 amide bonds. The van der Waals surface area contributed by atoms with Gasteiger partial charge < -0.3 is 5.32 Å². The molecular weight excluding hydrogens is 292 g/mol. The van der Waals surface area contributed by atoms with Crippen LogP contribution in [-0.2, 0) is 10.0 Å². The maximum absolute atomic E-state index is 12.3. The van der Waals surface area contributed by atoms with Crippen molar-refractivity contribution in [1.82, 2.24) is 4.31 Å². The number of nitrogens with zero attached hydrogens (tertiary/aromatic N) is 1. The molecule has 1 N–H and O–H groups in total. The van der Waals surface area contributed by atoms with Crippen molar-refractivity contribution in [2.45, 2.75) is 31.2 Å². The molecule has 114 valence electrons. The lowest BCUT2D eigenvalue weighted by Gasteiger charge is -2.19. The first-order valence-corrected chi connectivity index (χ1v) is 9.35. The second-order valence-corrected chi connectivity index (χ2v) is 8.33. The normalized spacial score (nSPS) is 13.4. The van der Waals surface area contributed by atoms with Crippen molar-refractivity contribution in [3.8, 4) is 0 Å². The molecule has 20 heavy (non-hydrogen) atoms. The molecule has 0 aliphatic carbocycles. The van der Waals surface area contributed by atoms with Gasteiger partial charge in [-0.05, 0) is 37.0 Å². The second kappa shape index (κ2) is 7.90. The predicted octanol–water partition coefficient (Wildman–Crippen LogP) is 2.88. The first-order valence-electron chi connectivity index (χ1n) is 6.75. The zero-order valence-electron chi connectivity index (χ0n) is 12.6. The molecule has 1 aromatic carbocycles. The number of sulfonamides is 1. The number of anilines is 1. The standard InChI is InChI=1S/C14H24N2O2S2/c1-5-19-11-10-12(2)15-13-8-6-7-9-14(13)20(17,18)16(3)4/h6-9,12,15H,5,10-11H2,1-4H3. The van der Waals surface area contributed by atoms with Gasteiger partial charge in [0, 0.05) is 20.1 Å². The molecule has 6 heteroatoms. The molecule has 0 spiro atoms. The van der Waals surface area contributed by atoms with E-state index in [-0.39, 0.29) is 6.04 Å². The van der Waals surface area contributed by atoms with E-state index in [0.29, 0.717) is 10.6 Å². The van der Waals surface area contributed by atoms with Crippen molar-refractivity contribution in [2.75, 3.05) is 30.9 Å². The summed E-state index contributed by atoms with van der Waals surface area (Å²) in [6.07, 6.45) is 1.01. The number of nitrogens with one attached hydrogen (secondary N) is 1. The Morgan fingerprint density at radius 2 is 1.95 bits per heavy atom. The maximum Gasteiger partial charge on any atom is 0.244 e. The Kier molecular flexibility index (Phi) is 6.85. The van der Waals surface area contributed by atoms with Crippen LogP contribution in [0.1, 0.15) is 20.3 Å². The van der Waals surface area contributed by atoms with Gasteiger partial charge in [0.25, 0.3) is 0 Å². The number of rotatable bonds is 8. The van der Waals surface area contributed by atoms with Gasteiger partial charge in [0.1, 0.15) is 4.90 Å². The van der Waals surface area contributed by atoms with Crippen LogP contribution in [0.4, 0.5) is 5.69 Å². The molecule has 1 rings (SSSR count). The monoisotopic (exact) mass is 316 g/mol. The van der Waals surface area contributed by atoms with Crippen LogP contribution in [0.3, 0.4) is 0 Å². The van der Waals surface area contributed by atoms with E-state index in [2.05, 4.69) is 19.2 Å². The van der Waals surface area contributed by atoms with E-state index in [0.717, 1.165) is 17.9 Å². The van der Waals surface area contributed by atoms with E-state index < -0.39 is 10.0 Å². The third kappa shape index (κ3) is 4.68. The Balaban J connectivity index is 2.86. The summed E-state index contributed by atoms with van der Waals surface area (Å²) in [4.78, 5) is 0.333. The molecule has 1 unspecified atom stereocenters. The van der Waals surface area contributed by atoms with Gasteiger partial charge in [-0.2, -0.15) is 11.8 Å². The van der Waals surface area contributed by atoms with Crippen molar-refractivity contribution in [2.24, 2.45) is 0 Å². The van der Waals surface area contributed by atoms with Crippen LogP contribution >= 0.6 is 11.8 Å². The van der Waals surface area contributed by atoms with Crippen molar-refractivity contribution in [3.05, 3.63) is 24.3 Å². The summed E-state index contributed by atoms with van der Waals surface area (Å²) in [6.45, 7) is 4.22. The lowest BCUT2D eigenvalue weighted by Crippen LogP contribution is -2.25. The fourth-order valence-corrected chi connectivity index (χ4v) is 3.61. The van der Waals surface area contributed by atoms with Gasteiger partial charge in [0.2, 0.25) is 10.0 Å². The van der Waals surface area contributed by atoms with Gasteiger partial charge in [-0.3, -0.25) is 0 Å². The van der Waals surface area contributed by atoms with Gasteiger partial charge in [-0.25, -0.2) is 12.7 Å². The minimum Gasteiger partial charge on any atom is -0.381 e. The Morgan fingerprint density at radius 1 is 1.30 bits per heavy atom. The molecule has 0 aliphatic heterocycles. The molecule has 0 saturated heterocycles. The molecule has 1 atom stereocenters. The van der Waals surface area contributed by atoms with Gasteiger partial charge in [-0.15, -0.1) is 0 Å². The molecule has 0 radical (unpaired) electrons. The highest BCUT2D eigenvalue weighted by molar-refractivity contribution is 7.99. The summed E-state index contributed by atoms with van der Waals surface area (Å²) in [5.74, 6) is 2.19. The lowest BCUT2D eigenvalue weighted by atomic mass is 10.2. The van der Waals surface area contributed by atoms with Crippen LogP contribution in [-0.4, -0.2) is 44.4 Å². The highest BCUT2D eigenvalue weighted by Crippen LogP contribution is 2.24. The van der Waals surface area contributed by atoms with Crippen LogP contribution in [0.5, 0.6) is 0 Å². The molecule has 0 aromatic heterocycles. The molecule has 4 nitrogen and oxygen atoms in total. The quantitative estimate of drug-likeness (QED) is 0.749. The lowest BCUT2D eigenvalue weighted by molar-refractivity contribution is 0.521. The highest BCUT2D eigenvalue weighted by Gasteiger charge is 2.21. The average Bonchev–Trinajstić information content (AvgIpc) is 2.39. The van der Waals surface area contributed by atoms with Crippen molar-refractivity contribution < 1.29 is 8.42 Å². The number of para-hydroxylation sites is 1. The van der Waals surface area contributed by atoms with Crippen LogP contribution < -0.4 is 5.32 Å². The number of hydrogen-bond donors (Lipinski definition) is 1. The third-order valence-corrected chi connectivity index (χ3v) is 5.75. The zero-order valence-corrected chi connectivity index (χ0v) is 14.2.